The minimum Gasteiger partial charge on any atom is -0.380 e. The van der Waals surface area contributed by atoms with E-state index in [1.165, 1.54) is 66.6 Å². The summed E-state index contributed by atoms with van der Waals surface area (Å²) in [5.74, 6) is 0. The van der Waals surface area contributed by atoms with Crippen LogP contribution in [0.15, 0.2) is 119 Å². The standard InChI is InChI=1S/C49H58ClN2O2/c1-7-9-31-53-33-29-51-41-25-21-35-15-11-13-17-39(35)45(41)48(3,4)43(51)27-23-37-19-20-38(47(37)50)24-28-44-49(5,6)46-40-18-14-12-16-36(40)22-26-42(46)52(44)30-34-54-32-10-8-2/h11-18,21-28H,7-10,19-20,29-34H2,1-6H3/q+1. The fourth-order valence-electron chi connectivity index (χ4n) is 8.93. The van der Waals surface area contributed by atoms with Crippen LogP contribution in [0.1, 0.15) is 91.2 Å². The number of allylic oxidation sites excluding steroid dienone is 8. The number of nitrogens with zero attached hydrogens (tertiary/aromatic N) is 2. The molecule has 4 aromatic rings. The predicted molar refractivity (Wildman–Crippen MR) is 230 cm³/mol. The molecule has 0 aromatic heterocycles. The van der Waals surface area contributed by atoms with Crippen molar-refractivity contribution in [3.63, 3.8) is 0 Å². The molecule has 2 heterocycles. The Balaban J connectivity index is 1.20. The molecule has 0 bridgehead atoms. The Morgan fingerprint density at radius 1 is 0.704 bits per heavy atom. The SMILES string of the molecule is CCCCOCCN1C(=CC=C2CCC(C=CC3=[N+](CCOCCCC)c4ccc5ccccc5c4C3(C)C)=C2Cl)C(C)(C)c2c1ccc1ccccc21. The molecular formula is C49H58ClN2O2+. The maximum Gasteiger partial charge on any atom is 0.210 e. The molecule has 0 amide bonds. The number of hydrogen-bond acceptors (Lipinski definition) is 3. The minimum absolute atomic E-state index is 0.179. The summed E-state index contributed by atoms with van der Waals surface area (Å²) in [5.41, 5.74) is 9.97. The van der Waals surface area contributed by atoms with Gasteiger partial charge in [-0.25, -0.2) is 0 Å². The van der Waals surface area contributed by atoms with Crippen LogP contribution in [0.3, 0.4) is 0 Å². The van der Waals surface area contributed by atoms with Gasteiger partial charge in [-0.2, -0.15) is 4.58 Å². The van der Waals surface area contributed by atoms with Crippen molar-refractivity contribution in [2.45, 2.75) is 90.9 Å². The van der Waals surface area contributed by atoms with E-state index in [0.29, 0.717) is 13.2 Å². The largest absolute Gasteiger partial charge is 0.380 e. The van der Waals surface area contributed by atoms with Crippen LogP contribution in [0.5, 0.6) is 0 Å². The van der Waals surface area contributed by atoms with Gasteiger partial charge >= 0.3 is 0 Å². The molecule has 0 spiro atoms. The highest BCUT2D eigenvalue weighted by atomic mass is 35.5. The van der Waals surface area contributed by atoms with Crippen molar-refractivity contribution in [3.8, 4) is 0 Å². The molecule has 0 N–H and O–H groups in total. The van der Waals surface area contributed by atoms with E-state index in [9.17, 15) is 0 Å². The predicted octanol–water partition coefficient (Wildman–Crippen LogP) is 12.5. The maximum absolute atomic E-state index is 7.28. The fraction of sp³-hybridized carbons (Fsp3) is 0.408. The zero-order valence-corrected chi connectivity index (χ0v) is 34.1. The summed E-state index contributed by atoms with van der Waals surface area (Å²) in [6, 6.07) is 26.7. The van der Waals surface area contributed by atoms with E-state index < -0.39 is 0 Å². The highest BCUT2D eigenvalue weighted by Gasteiger charge is 2.45. The first kappa shape index (κ1) is 38.3. The van der Waals surface area contributed by atoms with Gasteiger partial charge in [0.2, 0.25) is 5.69 Å². The number of benzene rings is 4. The van der Waals surface area contributed by atoms with Crippen LogP contribution < -0.4 is 4.90 Å². The molecule has 54 heavy (non-hydrogen) atoms. The molecule has 2 aliphatic heterocycles. The lowest BCUT2D eigenvalue weighted by atomic mass is 9.79. The normalized spacial score (nSPS) is 19.1. The molecule has 0 fully saturated rings. The summed E-state index contributed by atoms with van der Waals surface area (Å²) in [7, 11) is 0. The quantitative estimate of drug-likeness (QED) is 0.0896. The summed E-state index contributed by atoms with van der Waals surface area (Å²) in [4.78, 5) is 2.49. The number of rotatable bonds is 15. The Hall–Kier alpha value is -3.96. The summed E-state index contributed by atoms with van der Waals surface area (Å²) in [6.45, 7) is 18.5. The summed E-state index contributed by atoms with van der Waals surface area (Å²) in [6.07, 6.45) is 15.6. The average Bonchev–Trinajstić information content (AvgIpc) is 3.71. The Kier molecular flexibility index (Phi) is 11.6. The van der Waals surface area contributed by atoms with Crippen molar-refractivity contribution in [1.29, 1.82) is 0 Å². The van der Waals surface area contributed by atoms with Crippen molar-refractivity contribution in [1.82, 2.24) is 0 Å². The molecule has 7 rings (SSSR count). The summed E-state index contributed by atoms with van der Waals surface area (Å²) < 4.78 is 14.7. The first-order valence-electron chi connectivity index (χ1n) is 20.3. The van der Waals surface area contributed by atoms with Gasteiger partial charge in [0.05, 0.1) is 12.0 Å². The van der Waals surface area contributed by atoms with E-state index in [4.69, 9.17) is 21.1 Å². The first-order chi connectivity index (χ1) is 26.2. The van der Waals surface area contributed by atoms with Gasteiger partial charge in [0.15, 0.2) is 12.3 Å². The van der Waals surface area contributed by atoms with Gasteiger partial charge in [-0.05, 0) is 96.0 Å². The first-order valence-corrected chi connectivity index (χ1v) is 20.7. The van der Waals surface area contributed by atoms with Crippen LogP contribution in [-0.2, 0) is 20.3 Å². The van der Waals surface area contributed by atoms with Crippen LogP contribution in [0.25, 0.3) is 21.5 Å². The topological polar surface area (TPSA) is 24.7 Å². The molecular weight excluding hydrogens is 684 g/mol. The number of anilines is 1. The second-order valence-corrected chi connectivity index (χ2v) is 16.5. The minimum atomic E-state index is -0.179. The van der Waals surface area contributed by atoms with Gasteiger partial charge in [0.1, 0.15) is 6.61 Å². The molecule has 282 valence electrons. The monoisotopic (exact) mass is 741 g/mol. The molecule has 1 aliphatic carbocycles. The molecule has 5 heteroatoms. The van der Waals surface area contributed by atoms with Crippen molar-refractivity contribution in [2.24, 2.45) is 0 Å². The number of hydrogen-bond donors (Lipinski definition) is 0. The Bertz CT molecular complexity index is 2180. The maximum atomic E-state index is 7.28. The Morgan fingerprint density at radius 2 is 1.35 bits per heavy atom. The van der Waals surface area contributed by atoms with Crippen LogP contribution in [0.4, 0.5) is 11.4 Å². The fourth-order valence-corrected chi connectivity index (χ4v) is 9.24. The van der Waals surface area contributed by atoms with E-state index in [0.717, 1.165) is 69.9 Å². The van der Waals surface area contributed by atoms with E-state index in [2.05, 4.69) is 148 Å². The van der Waals surface area contributed by atoms with Crippen molar-refractivity contribution < 1.29 is 14.0 Å². The van der Waals surface area contributed by atoms with Gasteiger partial charge in [-0.3, -0.25) is 0 Å². The lowest BCUT2D eigenvalue weighted by Gasteiger charge is -2.27. The lowest BCUT2D eigenvalue weighted by Crippen LogP contribution is -2.29. The second kappa shape index (κ2) is 16.4. The number of halogens is 1. The Labute approximate surface area is 328 Å². The molecule has 4 aromatic carbocycles. The molecule has 0 unspecified atom stereocenters. The van der Waals surface area contributed by atoms with E-state index in [1.54, 1.807) is 0 Å². The third kappa shape index (κ3) is 7.26. The highest BCUT2D eigenvalue weighted by Crippen LogP contribution is 2.51. The van der Waals surface area contributed by atoms with Crippen molar-refractivity contribution in [2.75, 3.05) is 44.4 Å². The van der Waals surface area contributed by atoms with Crippen molar-refractivity contribution in [3.05, 3.63) is 130 Å². The molecule has 4 nitrogen and oxygen atoms in total. The summed E-state index contributed by atoms with van der Waals surface area (Å²) in [5, 5.41) is 6.09. The van der Waals surface area contributed by atoms with Gasteiger partial charge in [-0.15, -0.1) is 0 Å². The smallest absolute Gasteiger partial charge is 0.210 e. The van der Waals surface area contributed by atoms with Gasteiger partial charge < -0.3 is 14.4 Å². The third-order valence-electron chi connectivity index (χ3n) is 11.8. The number of ether oxygens (including phenoxy) is 2. The third-order valence-corrected chi connectivity index (χ3v) is 12.3. The van der Waals surface area contributed by atoms with Crippen LogP contribution in [-0.4, -0.2) is 49.8 Å². The zero-order chi connectivity index (χ0) is 37.9. The number of unbranched alkanes of at least 4 members (excludes halogenated alkanes) is 2. The molecule has 0 radical (unpaired) electrons. The van der Waals surface area contributed by atoms with Gasteiger partial charge in [0.25, 0.3) is 0 Å². The number of fused-ring (bicyclic) bond motifs is 6. The van der Waals surface area contributed by atoms with E-state index >= 15 is 0 Å². The molecule has 0 saturated carbocycles. The zero-order valence-electron chi connectivity index (χ0n) is 33.3. The van der Waals surface area contributed by atoms with Gasteiger partial charge in [-0.1, -0.05) is 119 Å². The van der Waals surface area contributed by atoms with Crippen LogP contribution in [0.2, 0.25) is 0 Å². The van der Waals surface area contributed by atoms with E-state index in [-0.39, 0.29) is 10.8 Å². The Morgan fingerprint density at radius 3 is 2.06 bits per heavy atom. The average molecular weight is 742 g/mol. The summed E-state index contributed by atoms with van der Waals surface area (Å²) >= 11 is 7.28. The molecule has 3 aliphatic rings. The second-order valence-electron chi connectivity index (χ2n) is 16.1. The molecule has 0 atom stereocenters. The van der Waals surface area contributed by atoms with Crippen molar-refractivity contribution >= 4 is 50.2 Å². The van der Waals surface area contributed by atoms with Crippen LogP contribution >= 0.6 is 11.6 Å². The van der Waals surface area contributed by atoms with Gasteiger partial charge in [0, 0.05) is 59.3 Å². The molecule has 0 saturated heterocycles. The van der Waals surface area contributed by atoms with E-state index in [1.807, 2.05) is 0 Å². The lowest BCUT2D eigenvalue weighted by molar-refractivity contribution is -0.442. The van der Waals surface area contributed by atoms with Crippen LogP contribution in [0, 0.1) is 0 Å². The highest BCUT2D eigenvalue weighted by molar-refractivity contribution is 6.33.